The lowest BCUT2D eigenvalue weighted by molar-refractivity contribution is -0.393. The number of esters is 1. The van der Waals surface area contributed by atoms with Crippen molar-refractivity contribution in [2.24, 2.45) is 0 Å². The predicted molar refractivity (Wildman–Crippen MR) is 108 cm³/mol. The Labute approximate surface area is 172 Å². The number of non-ortho nitro benzene ring substituents is 1. The molecule has 2 aromatic rings. The molecule has 1 aliphatic heterocycles. The summed E-state index contributed by atoms with van der Waals surface area (Å²) < 4.78 is 10.2. The average Bonchev–Trinajstić information content (AvgIpc) is 2.77. The summed E-state index contributed by atoms with van der Waals surface area (Å²) in [5, 5.41) is 25.9. The number of nitro groups is 2. The number of methoxy groups -OCH3 is 1. The van der Waals surface area contributed by atoms with Gasteiger partial charge in [0.05, 0.1) is 28.6 Å². The number of nitro benzene ring substituents is 2. The maximum absolute atomic E-state index is 12.3. The minimum atomic E-state index is -0.898. The molecule has 0 saturated carbocycles. The van der Waals surface area contributed by atoms with Crippen LogP contribution in [-0.2, 0) is 14.9 Å². The average molecular weight is 415 g/mol. The molecule has 1 saturated heterocycles. The topological polar surface area (TPSA) is 134 Å². The number of hydrogen-bond acceptors (Lipinski definition) is 8. The van der Waals surface area contributed by atoms with E-state index < -0.39 is 27.2 Å². The van der Waals surface area contributed by atoms with E-state index >= 15 is 0 Å². The summed E-state index contributed by atoms with van der Waals surface area (Å²) in [6.07, 6.45) is 1.36. The molecule has 2 aromatic carbocycles. The normalized spacial score (nSPS) is 15.2. The van der Waals surface area contributed by atoms with Crippen molar-refractivity contribution in [3.05, 3.63) is 73.8 Å². The zero-order chi connectivity index (χ0) is 21.7. The van der Waals surface area contributed by atoms with Crippen LogP contribution in [0.4, 0.5) is 17.1 Å². The lowest BCUT2D eigenvalue weighted by Gasteiger charge is -2.38. The van der Waals surface area contributed by atoms with Gasteiger partial charge in [-0.1, -0.05) is 30.3 Å². The maximum atomic E-state index is 12.3. The smallest absolute Gasteiger partial charge is 0.340 e. The van der Waals surface area contributed by atoms with E-state index in [1.807, 2.05) is 30.3 Å². The van der Waals surface area contributed by atoms with Crippen molar-refractivity contribution in [3.63, 3.8) is 0 Å². The number of carbonyl (C=O) groups is 1. The third kappa shape index (κ3) is 4.23. The Morgan fingerprint density at radius 2 is 1.80 bits per heavy atom. The van der Waals surface area contributed by atoms with Crippen LogP contribution in [0.25, 0.3) is 0 Å². The minimum absolute atomic E-state index is 0.0979. The first-order valence-electron chi connectivity index (χ1n) is 9.30. The molecular weight excluding hydrogens is 394 g/mol. The number of hydrogen-bond donors (Lipinski definition) is 1. The van der Waals surface area contributed by atoms with E-state index in [1.54, 1.807) is 0 Å². The summed E-state index contributed by atoms with van der Waals surface area (Å²) in [4.78, 5) is 33.5. The van der Waals surface area contributed by atoms with E-state index in [0.717, 1.165) is 24.8 Å². The van der Waals surface area contributed by atoms with Crippen LogP contribution in [0.1, 0.15) is 28.8 Å². The SMILES string of the molecule is COC(=O)c1cc([N+](=O)[O-])cc([N+](=O)[O-])c1NCC1(c2ccccc2)CCOCC1. The Kier molecular flexibility index (Phi) is 6.26. The highest BCUT2D eigenvalue weighted by atomic mass is 16.6. The number of benzene rings is 2. The first-order chi connectivity index (χ1) is 14.4. The van der Waals surface area contributed by atoms with Gasteiger partial charge in [-0.25, -0.2) is 4.79 Å². The van der Waals surface area contributed by atoms with Crippen molar-refractivity contribution >= 4 is 23.0 Å². The van der Waals surface area contributed by atoms with Crippen LogP contribution in [0.3, 0.4) is 0 Å². The Morgan fingerprint density at radius 1 is 1.13 bits per heavy atom. The largest absolute Gasteiger partial charge is 0.465 e. The molecule has 30 heavy (non-hydrogen) atoms. The molecule has 0 unspecified atom stereocenters. The van der Waals surface area contributed by atoms with Crippen molar-refractivity contribution in [2.45, 2.75) is 18.3 Å². The van der Waals surface area contributed by atoms with Gasteiger partial charge >= 0.3 is 5.97 Å². The second kappa shape index (κ2) is 8.87. The van der Waals surface area contributed by atoms with Crippen LogP contribution >= 0.6 is 0 Å². The van der Waals surface area contributed by atoms with Gasteiger partial charge in [-0.3, -0.25) is 20.2 Å². The third-order valence-corrected chi connectivity index (χ3v) is 5.35. The van der Waals surface area contributed by atoms with Gasteiger partial charge in [0.1, 0.15) is 5.69 Å². The highest BCUT2D eigenvalue weighted by Crippen LogP contribution is 2.38. The van der Waals surface area contributed by atoms with Crippen molar-refractivity contribution in [3.8, 4) is 0 Å². The van der Waals surface area contributed by atoms with Crippen LogP contribution in [0.5, 0.6) is 0 Å². The minimum Gasteiger partial charge on any atom is -0.465 e. The summed E-state index contributed by atoms with van der Waals surface area (Å²) in [5.74, 6) is -0.898. The molecular formula is C20H21N3O7. The molecule has 0 aliphatic carbocycles. The highest BCUT2D eigenvalue weighted by molar-refractivity contribution is 5.99. The Hall–Kier alpha value is -3.53. The van der Waals surface area contributed by atoms with Crippen LogP contribution in [0, 0.1) is 20.2 Å². The Bertz CT molecular complexity index is 956. The standard InChI is InChI=1S/C20H21N3O7/c1-29-19(24)16-11-15(22(25)26)12-17(23(27)28)18(16)21-13-20(7-9-30-10-8-20)14-5-3-2-4-6-14/h2-6,11-12,21H,7-10,13H2,1H3. The van der Waals surface area contributed by atoms with Crippen molar-refractivity contribution < 1.29 is 24.1 Å². The first-order valence-corrected chi connectivity index (χ1v) is 9.30. The molecule has 0 aromatic heterocycles. The van der Waals surface area contributed by atoms with Gasteiger partial charge < -0.3 is 14.8 Å². The Balaban J connectivity index is 2.05. The van der Waals surface area contributed by atoms with Gasteiger partial charge in [-0.05, 0) is 18.4 Å². The monoisotopic (exact) mass is 415 g/mol. The molecule has 1 fully saturated rings. The number of nitrogens with one attached hydrogen (secondary N) is 1. The number of nitrogens with zero attached hydrogens (tertiary/aromatic N) is 2. The fourth-order valence-electron chi connectivity index (χ4n) is 3.70. The van der Waals surface area contributed by atoms with Gasteiger partial charge in [0, 0.05) is 31.2 Å². The summed E-state index contributed by atoms with van der Waals surface area (Å²) >= 11 is 0. The molecule has 10 heteroatoms. The fourth-order valence-corrected chi connectivity index (χ4v) is 3.70. The van der Waals surface area contributed by atoms with Gasteiger partial charge in [0.25, 0.3) is 11.4 Å². The fraction of sp³-hybridized carbons (Fsp3) is 0.350. The zero-order valence-electron chi connectivity index (χ0n) is 16.3. The number of rotatable bonds is 7. The number of ether oxygens (including phenoxy) is 2. The summed E-state index contributed by atoms with van der Waals surface area (Å²) in [6, 6.07) is 11.5. The van der Waals surface area contributed by atoms with Crippen molar-refractivity contribution in [1.29, 1.82) is 0 Å². The van der Waals surface area contributed by atoms with Gasteiger partial charge in [0.15, 0.2) is 0 Å². The second-order valence-electron chi connectivity index (χ2n) is 7.01. The van der Waals surface area contributed by atoms with E-state index in [9.17, 15) is 25.0 Å². The molecule has 0 amide bonds. The molecule has 10 nitrogen and oxygen atoms in total. The second-order valence-corrected chi connectivity index (χ2v) is 7.01. The van der Waals surface area contributed by atoms with Crippen LogP contribution in [0.15, 0.2) is 42.5 Å². The summed E-state index contributed by atoms with van der Waals surface area (Å²) in [5.41, 5.74) is -0.794. The van der Waals surface area contributed by atoms with Crippen LogP contribution in [-0.4, -0.2) is 42.7 Å². The molecule has 0 atom stereocenters. The van der Waals surface area contributed by atoms with E-state index in [4.69, 9.17) is 9.47 Å². The van der Waals surface area contributed by atoms with E-state index in [1.165, 1.54) is 0 Å². The quantitative estimate of drug-likeness (QED) is 0.413. The Morgan fingerprint density at radius 3 is 2.37 bits per heavy atom. The first kappa shape index (κ1) is 21.2. The predicted octanol–water partition coefficient (Wildman–Crippen LogP) is 3.45. The van der Waals surface area contributed by atoms with Gasteiger partial charge in [0.2, 0.25) is 0 Å². The molecule has 1 heterocycles. The molecule has 1 N–H and O–H groups in total. The summed E-state index contributed by atoms with van der Waals surface area (Å²) in [6.45, 7) is 1.34. The van der Waals surface area contributed by atoms with E-state index in [-0.39, 0.29) is 23.2 Å². The zero-order valence-corrected chi connectivity index (χ0v) is 16.3. The van der Waals surface area contributed by atoms with Crippen LogP contribution < -0.4 is 5.32 Å². The maximum Gasteiger partial charge on any atom is 0.340 e. The van der Waals surface area contributed by atoms with Gasteiger partial charge in [-0.2, -0.15) is 0 Å². The summed E-state index contributed by atoms with van der Waals surface area (Å²) in [7, 11) is 1.11. The van der Waals surface area contributed by atoms with Crippen molar-refractivity contribution in [1.82, 2.24) is 0 Å². The van der Waals surface area contributed by atoms with Crippen LogP contribution in [0.2, 0.25) is 0 Å². The number of carbonyl (C=O) groups excluding carboxylic acids is 1. The third-order valence-electron chi connectivity index (χ3n) is 5.35. The highest BCUT2D eigenvalue weighted by Gasteiger charge is 2.36. The van der Waals surface area contributed by atoms with E-state index in [0.29, 0.717) is 26.1 Å². The molecule has 0 bridgehead atoms. The number of anilines is 1. The molecule has 3 rings (SSSR count). The van der Waals surface area contributed by atoms with Crippen molar-refractivity contribution in [2.75, 3.05) is 32.2 Å². The molecule has 0 spiro atoms. The van der Waals surface area contributed by atoms with E-state index in [2.05, 4.69) is 5.32 Å². The molecule has 0 radical (unpaired) electrons. The lowest BCUT2D eigenvalue weighted by Crippen LogP contribution is -2.40. The lowest BCUT2D eigenvalue weighted by atomic mass is 9.74. The molecule has 1 aliphatic rings. The van der Waals surface area contributed by atoms with Gasteiger partial charge in [-0.15, -0.1) is 0 Å². The molecule has 158 valence electrons.